The highest BCUT2D eigenvalue weighted by molar-refractivity contribution is 6.55. The SMILES string of the molecule is CC1CC(C)(C)N(C(=O)CN2C(=O)c3c(Cl)c(Cl)c(Cl)c(Cl)c3C2=O)c2ccccc21. The Bertz CT molecular complexity index is 1110. The summed E-state index contributed by atoms with van der Waals surface area (Å²) in [6.07, 6.45) is 0.737. The van der Waals surface area contributed by atoms with Crippen molar-refractivity contribution in [3.8, 4) is 0 Å². The van der Waals surface area contributed by atoms with Gasteiger partial charge in [-0.3, -0.25) is 19.3 Å². The largest absolute Gasteiger partial charge is 0.305 e. The van der Waals surface area contributed by atoms with Crippen molar-refractivity contribution < 1.29 is 14.4 Å². The Hall–Kier alpha value is -1.79. The molecule has 0 fully saturated rings. The van der Waals surface area contributed by atoms with Gasteiger partial charge >= 0.3 is 0 Å². The molecule has 31 heavy (non-hydrogen) atoms. The van der Waals surface area contributed by atoms with E-state index in [-0.39, 0.29) is 43.0 Å². The first kappa shape index (κ1) is 22.4. The van der Waals surface area contributed by atoms with Crippen LogP contribution in [0.25, 0.3) is 0 Å². The Morgan fingerprint density at radius 1 is 0.968 bits per heavy atom. The van der Waals surface area contributed by atoms with Crippen LogP contribution in [-0.4, -0.2) is 34.7 Å². The standard InChI is InChI=1S/C22H18Cl4N2O3/c1-10-8-22(2,3)28(12-7-5-4-6-11(10)12)13(29)9-27-20(30)14-15(21(27)31)17(24)19(26)18(25)16(14)23/h4-7,10H,8-9H2,1-3H3. The average molecular weight is 500 g/mol. The molecule has 2 heterocycles. The fourth-order valence-electron chi connectivity index (χ4n) is 4.60. The lowest BCUT2D eigenvalue weighted by molar-refractivity contribution is -0.120. The Morgan fingerprint density at radius 3 is 2.03 bits per heavy atom. The number of fused-ring (bicyclic) bond motifs is 2. The molecule has 0 radical (unpaired) electrons. The van der Waals surface area contributed by atoms with Gasteiger partial charge in [0, 0.05) is 11.2 Å². The molecule has 4 rings (SSSR count). The second-order valence-corrected chi connectivity index (χ2v) is 9.92. The summed E-state index contributed by atoms with van der Waals surface area (Å²) in [6.45, 7) is 5.59. The van der Waals surface area contributed by atoms with Crippen LogP contribution in [0, 0.1) is 0 Å². The van der Waals surface area contributed by atoms with Crippen molar-refractivity contribution >= 4 is 69.8 Å². The topological polar surface area (TPSA) is 57.7 Å². The molecular weight excluding hydrogens is 482 g/mol. The Balaban J connectivity index is 1.72. The van der Waals surface area contributed by atoms with Gasteiger partial charge in [0.15, 0.2) is 0 Å². The van der Waals surface area contributed by atoms with Crippen molar-refractivity contribution in [1.82, 2.24) is 4.90 Å². The van der Waals surface area contributed by atoms with E-state index in [9.17, 15) is 14.4 Å². The van der Waals surface area contributed by atoms with Gasteiger partial charge in [0.2, 0.25) is 5.91 Å². The fraction of sp³-hybridized carbons (Fsp3) is 0.318. The number of rotatable bonds is 2. The van der Waals surface area contributed by atoms with Crippen LogP contribution < -0.4 is 4.90 Å². The predicted molar refractivity (Wildman–Crippen MR) is 123 cm³/mol. The van der Waals surface area contributed by atoms with Crippen LogP contribution in [0.4, 0.5) is 5.69 Å². The number of hydrogen-bond donors (Lipinski definition) is 0. The van der Waals surface area contributed by atoms with E-state index in [4.69, 9.17) is 46.4 Å². The minimum atomic E-state index is -0.727. The molecule has 2 aliphatic rings. The third-order valence-electron chi connectivity index (χ3n) is 5.85. The normalized spacial score (nSPS) is 19.5. The van der Waals surface area contributed by atoms with Crippen molar-refractivity contribution in [1.29, 1.82) is 0 Å². The lowest BCUT2D eigenvalue weighted by Crippen LogP contribution is -2.55. The number of halogens is 4. The number of benzene rings is 2. The van der Waals surface area contributed by atoms with Crippen LogP contribution in [0.3, 0.4) is 0 Å². The summed E-state index contributed by atoms with van der Waals surface area (Å²) >= 11 is 24.5. The smallest absolute Gasteiger partial charge is 0.263 e. The Morgan fingerprint density at radius 2 is 1.48 bits per heavy atom. The molecule has 0 bridgehead atoms. The molecule has 1 atom stereocenters. The lowest BCUT2D eigenvalue weighted by atomic mass is 9.80. The number of hydrogen-bond acceptors (Lipinski definition) is 3. The van der Waals surface area contributed by atoms with E-state index >= 15 is 0 Å². The van der Waals surface area contributed by atoms with E-state index in [1.807, 2.05) is 38.1 Å². The second kappa shape index (κ2) is 7.66. The first-order valence-corrected chi connectivity index (χ1v) is 11.1. The molecular formula is C22H18Cl4N2O3. The molecule has 3 amide bonds. The molecule has 0 aliphatic carbocycles. The maximum Gasteiger partial charge on any atom is 0.263 e. The minimum absolute atomic E-state index is 0.110. The second-order valence-electron chi connectivity index (χ2n) is 8.41. The van der Waals surface area contributed by atoms with Gasteiger partial charge in [-0.1, -0.05) is 71.5 Å². The van der Waals surface area contributed by atoms with E-state index in [1.165, 1.54) is 0 Å². The van der Waals surface area contributed by atoms with Crippen LogP contribution in [0.1, 0.15) is 59.4 Å². The number of carbonyl (C=O) groups excluding carboxylic acids is 3. The van der Waals surface area contributed by atoms with Crippen molar-refractivity contribution in [3.05, 3.63) is 61.0 Å². The van der Waals surface area contributed by atoms with Crippen molar-refractivity contribution in [2.24, 2.45) is 0 Å². The summed E-state index contributed by atoms with van der Waals surface area (Å²) < 4.78 is 0. The first-order chi connectivity index (χ1) is 14.5. The van der Waals surface area contributed by atoms with Crippen molar-refractivity contribution in [3.63, 3.8) is 0 Å². The Labute approximate surface area is 199 Å². The molecule has 1 unspecified atom stereocenters. The highest BCUT2D eigenvalue weighted by Gasteiger charge is 2.45. The summed E-state index contributed by atoms with van der Waals surface area (Å²) in [5.74, 6) is -1.58. The molecule has 0 N–H and O–H groups in total. The highest BCUT2D eigenvalue weighted by atomic mass is 35.5. The molecule has 0 aromatic heterocycles. The minimum Gasteiger partial charge on any atom is -0.305 e. The number of anilines is 1. The summed E-state index contributed by atoms with van der Waals surface area (Å²) in [5.41, 5.74) is 1.04. The molecule has 0 saturated heterocycles. The van der Waals surface area contributed by atoms with Gasteiger partial charge in [0.05, 0.1) is 31.2 Å². The Kier molecular flexibility index (Phi) is 5.54. The van der Waals surface area contributed by atoms with E-state index in [0.29, 0.717) is 0 Å². The quantitative estimate of drug-likeness (QED) is 0.280. The number of amides is 3. The average Bonchev–Trinajstić information content (AvgIpc) is 2.95. The number of para-hydroxylation sites is 1. The van der Waals surface area contributed by atoms with Gasteiger partial charge in [0.1, 0.15) is 6.54 Å². The zero-order valence-electron chi connectivity index (χ0n) is 16.9. The van der Waals surface area contributed by atoms with E-state index in [0.717, 1.165) is 22.6 Å². The molecule has 2 aromatic carbocycles. The van der Waals surface area contributed by atoms with Crippen LogP contribution >= 0.6 is 46.4 Å². The van der Waals surface area contributed by atoms with E-state index < -0.39 is 23.9 Å². The summed E-state index contributed by atoms with van der Waals surface area (Å²) in [7, 11) is 0. The van der Waals surface area contributed by atoms with Crippen LogP contribution in [0.2, 0.25) is 20.1 Å². The molecule has 5 nitrogen and oxygen atoms in total. The summed E-state index contributed by atoms with van der Waals surface area (Å²) in [5, 5.41) is -0.531. The summed E-state index contributed by atoms with van der Waals surface area (Å²) in [6, 6.07) is 7.65. The van der Waals surface area contributed by atoms with Crippen LogP contribution in [-0.2, 0) is 4.79 Å². The van der Waals surface area contributed by atoms with Crippen LogP contribution in [0.5, 0.6) is 0 Å². The third kappa shape index (κ3) is 3.34. The molecule has 9 heteroatoms. The molecule has 2 aromatic rings. The van der Waals surface area contributed by atoms with Crippen molar-refractivity contribution in [2.75, 3.05) is 11.4 Å². The first-order valence-electron chi connectivity index (χ1n) is 9.61. The number of imide groups is 1. The number of carbonyl (C=O) groups is 3. The van der Waals surface area contributed by atoms with Gasteiger partial charge in [-0.05, 0) is 37.8 Å². The zero-order chi connectivity index (χ0) is 22.8. The zero-order valence-corrected chi connectivity index (χ0v) is 20.0. The van der Waals surface area contributed by atoms with Gasteiger partial charge in [-0.25, -0.2) is 0 Å². The van der Waals surface area contributed by atoms with Gasteiger partial charge < -0.3 is 4.90 Å². The molecule has 2 aliphatic heterocycles. The monoisotopic (exact) mass is 498 g/mol. The maximum absolute atomic E-state index is 13.4. The summed E-state index contributed by atoms with van der Waals surface area (Å²) in [4.78, 5) is 42.0. The maximum atomic E-state index is 13.4. The van der Waals surface area contributed by atoms with Gasteiger partial charge in [-0.2, -0.15) is 0 Å². The van der Waals surface area contributed by atoms with Gasteiger partial charge in [0.25, 0.3) is 11.8 Å². The van der Waals surface area contributed by atoms with E-state index in [2.05, 4.69) is 6.92 Å². The lowest BCUT2D eigenvalue weighted by Gasteiger charge is -2.46. The predicted octanol–water partition coefficient (Wildman–Crippen LogP) is 6.22. The van der Waals surface area contributed by atoms with Crippen LogP contribution in [0.15, 0.2) is 24.3 Å². The molecule has 162 valence electrons. The highest BCUT2D eigenvalue weighted by Crippen LogP contribution is 2.46. The number of nitrogens with zero attached hydrogens (tertiary/aromatic N) is 2. The van der Waals surface area contributed by atoms with Crippen molar-refractivity contribution in [2.45, 2.75) is 38.6 Å². The molecule has 0 spiro atoms. The molecule has 0 saturated carbocycles. The van der Waals surface area contributed by atoms with E-state index in [1.54, 1.807) is 4.90 Å². The van der Waals surface area contributed by atoms with Gasteiger partial charge in [-0.15, -0.1) is 0 Å². The fourth-order valence-corrected chi connectivity index (χ4v) is 5.62. The third-order valence-corrected chi connectivity index (χ3v) is 7.65.